The molecule has 1 saturated carbocycles. The van der Waals surface area contributed by atoms with Gasteiger partial charge in [-0.25, -0.2) is 4.79 Å². The van der Waals surface area contributed by atoms with Gasteiger partial charge in [0.15, 0.2) is 0 Å². The van der Waals surface area contributed by atoms with Gasteiger partial charge in [0.2, 0.25) is 0 Å². The van der Waals surface area contributed by atoms with Crippen molar-refractivity contribution >= 4 is 11.7 Å². The SMILES string of the molecule is O=C(O[C@H]1C=C[C@@H]2CC[C@H]1C2)c1ccc([N+](=O)[O-])cc1. The monoisotopic (exact) mass is 273 g/mol. The molecule has 104 valence electrons. The van der Waals surface area contributed by atoms with Gasteiger partial charge in [-0.1, -0.05) is 6.08 Å². The van der Waals surface area contributed by atoms with Gasteiger partial charge in [-0.2, -0.15) is 0 Å². The highest BCUT2D eigenvalue weighted by molar-refractivity contribution is 5.89. The van der Waals surface area contributed by atoms with Gasteiger partial charge < -0.3 is 4.74 Å². The highest BCUT2D eigenvalue weighted by atomic mass is 16.6. The summed E-state index contributed by atoms with van der Waals surface area (Å²) in [4.78, 5) is 22.1. The van der Waals surface area contributed by atoms with Crippen LogP contribution in [-0.4, -0.2) is 17.0 Å². The van der Waals surface area contributed by atoms with Crippen LogP contribution < -0.4 is 0 Å². The first-order chi connectivity index (χ1) is 9.63. The van der Waals surface area contributed by atoms with E-state index < -0.39 is 10.9 Å². The number of allylic oxidation sites excluding steroid dienone is 1. The first kappa shape index (κ1) is 12.8. The van der Waals surface area contributed by atoms with E-state index in [9.17, 15) is 14.9 Å². The fourth-order valence-corrected chi connectivity index (χ4v) is 3.00. The molecule has 2 aliphatic rings. The average Bonchev–Trinajstić information content (AvgIpc) is 2.85. The lowest BCUT2D eigenvalue weighted by Crippen LogP contribution is -2.25. The van der Waals surface area contributed by atoms with E-state index in [1.165, 1.54) is 30.7 Å². The normalized spacial score (nSPS) is 27.3. The Bertz CT molecular complexity index is 564. The van der Waals surface area contributed by atoms with Gasteiger partial charge >= 0.3 is 5.97 Å². The smallest absolute Gasteiger partial charge is 0.338 e. The second-order valence-electron chi connectivity index (χ2n) is 5.39. The number of nitrogens with zero attached hydrogens (tertiary/aromatic N) is 1. The minimum Gasteiger partial charge on any atom is -0.454 e. The van der Waals surface area contributed by atoms with E-state index in [4.69, 9.17) is 4.74 Å². The van der Waals surface area contributed by atoms with Crippen molar-refractivity contribution < 1.29 is 14.5 Å². The summed E-state index contributed by atoms with van der Waals surface area (Å²) < 4.78 is 5.51. The number of non-ortho nitro benzene ring substituents is 1. The van der Waals surface area contributed by atoms with Gasteiger partial charge in [0.25, 0.3) is 5.69 Å². The maximum atomic E-state index is 12.0. The van der Waals surface area contributed by atoms with E-state index in [1.54, 1.807) is 0 Å². The summed E-state index contributed by atoms with van der Waals surface area (Å²) in [6, 6.07) is 5.51. The summed E-state index contributed by atoms with van der Waals surface area (Å²) in [6.07, 6.45) is 7.32. The molecule has 5 nitrogen and oxygen atoms in total. The Morgan fingerprint density at radius 1 is 1.20 bits per heavy atom. The fraction of sp³-hybridized carbons (Fsp3) is 0.400. The van der Waals surface area contributed by atoms with E-state index in [0.717, 1.165) is 12.8 Å². The van der Waals surface area contributed by atoms with Crippen LogP contribution in [0.4, 0.5) is 5.69 Å². The molecule has 0 spiro atoms. The molecule has 0 amide bonds. The van der Waals surface area contributed by atoms with E-state index in [2.05, 4.69) is 6.08 Å². The van der Waals surface area contributed by atoms with Crippen molar-refractivity contribution in [2.45, 2.75) is 25.4 Å². The number of hydrogen-bond acceptors (Lipinski definition) is 4. The van der Waals surface area contributed by atoms with Crippen LogP contribution in [0, 0.1) is 22.0 Å². The van der Waals surface area contributed by atoms with Crippen LogP contribution in [0.25, 0.3) is 0 Å². The van der Waals surface area contributed by atoms with Crippen molar-refractivity contribution in [3.8, 4) is 0 Å². The predicted molar refractivity (Wildman–Crippen MR) is 72.3 cm³/mol. The summed E-state index contributed by atoms with van der Waals surface area (Å²) >= 11 is 0. The van der Waals surface area contributed by atoms with Crippen LogP contribution >= 0.6 is 0 Å². The van der Waals surface area contributed by atoms with Crippen LogP contribution in [-0.2, 0) is 4.74 Å². The Kier molecular flexibility index (Phi) is 3.26. The highest BCUT2D eigenvalue weighted by Gasteiger charge is 2.34. The maximum absolute atomic E-state index is 12.0. The number of nitro groups is 1. The molecule has 20 heavy (non-hydrogen) atoms. The van der Waals surface area contributed by atoms with E-state index in [0.29, 0.717) is 17.4 Å². The molecule has 2 aliphatic carbocycles. The topological polar surface area (TPSA) is 69.4 Å². The largest absolute Gasteiger partial charge is 0.454 e. The zero-order valence-electron chi connectivity index (χ0n) is 10.9. The molecule has 0 heterocycles. The number of hydrogen-bond donors (Lipinski definition) is 0. The number of ether oxygens (including phenoxy) is 1. The van der Waals surface area contributed by atoms with Crippen molar-refractivity contribution in [1.82, 2.24) is 0 Å². The fourth-order valence-electron chi connectivity index (χ4n) is 3.00. The summed E-state index contributed by atoms with van der Waals surface area (Å²) in [5, 5.41) is 10.6. The Morgan fingerprint density at radius 3 is 2.65 bits per heavy atom. The molecule has 0 saturated heterocycles. The number of carbonyl (C=O) groups is 1. The molecule has 1 aromatic carbocycles. The second-order valence-corrected chi connectivity index (χ2v) is 5.39. The zero-order valence-corrected chi connectivity index (χ0v) is 10.9. The van der Waals surface area contributed by atoms with Gasteiger partial charge in [0.05, 0.1) is 10.5 Å². The third-order valence-corrected chi connectivity index (χ3v) is 4.11. The highest BCUT2D eigenvalue weighted by Crippen LogP contribution is 2.39. The van der Waals surface area contributed by atoms with Crippen LogP contribution in [0.1, 0.15) is 29.6 Å². The summed E-state index contributed by atoms with van der Waals surface area (Å²) in [5.41, 5.74) is 0.321. The molecule has 1 fully saturated rings. The molecule has 0 aliphatic heterocycles. The third kappa shape index (κ3) is 2.43. The molecular weight excluding hydrogens is 258 g/mol. The van der Waals surface area contributed by atoms with Crippen LogP contribution in [0.3, 0.4) is 0 Å². The number of nitro benzene ring substituents is 1. The molecule has 5 heteroatoms. The predicted octanol–water partition coefficient (Wildman–Crippen LogP) is 3.11. The Hall–Kier alpha value is -2.17. The molecule has 3 rings (SSSR count). The average molecular weight is 273 g/mol. The van der Waals surface area contributed by atoms with Crippen LogP contribution in [0.2, 0.25) is 0 Å². The number of rotatable bonds is 3. The van der Waals surface area contributed by atoms with Crippen molar-refractivity contribution in [2.24, 2.45) is 11.8 Å². The standard InChI is InChI=1S/C15H15NO4/c17-15(11-4-6-13(7-5-11)16(18)19)20-14-8-2-10-1-3-12(14)9-10/h2,4-8,10,12,14H,1,3,9H2/t10-,12-,14-/m0/s1. The Balaban J connectivity index is 1.68. The van der Waals surface area contributed by atoms with Crippen LogP contribution in [0.15, 0.2) is 36.4 Å². The van der Waals surface area contributed by atoms with E-state index in [-0.39, 0.29) is 11.8 Å². The van der Waals surface area contributed by atoms with Gasteiger partial charge in [0, 0.05) is 18.1 Å². The Labute approximate surface area is 116 Å². The number of benzene rings is 1. The van der Waals surface area contributed by atoms with Crippen molar-refractivity contribution in [1.29, 1.82) is 0 Å². The number of fused-ring (bicyclic) bond motifs is 2. The minimum absolute atomic E-state index is 0.0299. The first-order valence-electron chi connectivity index (χ1n) is 6.77. The lowest BCUT2D eigenvalue weighted by atomic mass is 9.93. The molecule has 2 bridgehead atoms. The second kappa shape index (κ2) is 5.07. The molecule has 0 N–H and O–H groups in total. The van der Waals surface area contributed by atoms with Gasteiger partial charge in [-0.05, 0) is 43.4 Å². The van der Waals surface area contributed by atoms with Crippen molar-refractivity contribution in [3.05, 3.63) is 52.1 Å². The quantitative estimate of drug-likeness (QED) is 0.367. The first-order valence-corrected chi connectivity index (χ1v) is 6.77. The van der Waals surface area contributed by atoms with Gasteiger partial charge in [-0.15, -0.1) is 0 Å². The van der Waals surface area contributed by atoms with Gasteiger partial charge in [0.1, 0.15) is 6.10 Å². The molecule has 0 unspecified atom stereocenters. The summed E-state index contributed by atoms with van der Waals surface area (Å²) in [5.74, 6) is 0.654. The van der Waals surface area contributed by atoms with Gasteiger partial charge in [-0.3, -0.25) is 10.1 Å². The van der Waals surface area contributed by atoms with Crippen molar-refractivity contribution in [3.63, 3.8) is 0 Å². The number of carbonyl (C=O) groups excluding carboxylic acids is 1. The zero-order chi connectivity index (χ0) is 14.1. The number of esters is 1. The van der Waals surface area contributed by atoms with E-state index in [1.807, 2.05) is 6.08 Å². The van der Waals surface area contributed by atoms with Crippen molar-refractivity contribution in [2.75, 3.05) is 0 Å². The summed E-state index contributed by atoms with van der Waals surface area (Å²) in [6.45, 7) is 0. The molecule has 1 aromatic rings. The molecule has 3 atom stereocenters. The maximum Gasteiger partial charge on any atom is 0.338 e. The lowest BCUT2D eigenvalue weighted by Gasteiger charge is -2.23. The van der Waals surface area contributed by atoms with Crippen LogP contribution in [0.5, 0.6) is 0 Å². The lowest BCUT2D eigenvalue weighted by molar-refractivity contribution is -0.384. The minimum atomic E-state index is -0.488. The Morgan fingerprint density at radius 2 is 1.95 bits per heavy atom. The summed E-state index contributed by atoms with van der Waals surface area (Å²) in [7, 11) is 0. The molecule has 0 radical (unpaired) electrons. The molecule has 0 aromatic heterocycles. The molecular formula is C15H15NO4. The third-order valence-electron chi connectivity index (χ3n) is 4.11. The van der Waals surface area contributed by atoms with E-state index >= 15 is 0 Å².